The van der Waals surface area contributed by atoms with Crippen LogP contribution >= 0.6 is 11.6 Å². The number of benzene rings is 1. The smallest absolute Gasteiger partial charge is 0.244 e. The summed E-state index contributed by atoms with van der Waals surface area (Å²) in [5.41, 5.74) is 0.927. The van der Waals surface area contributed by atoms with Crippen LogP contribution in [-0.4, -0.2) is 10.1 Å². The number of rotatable bonds is 3. The molecule has 0 saturated carbocycles. The van der Waals surface area contributed by atoms with Crippen LogP contribution < -0.4 is 0 Å². The Morgan fingerprint density at radius 2 is 2.06 bits per heavy atom. The summed E-state index contributed by atoms with van der Waals surface area (Å²) >= 11 is 5.79. The summed E-state index contributed by atoms with van der Waals surface area (Å²) in [5, 5.41) is 3.49. The molecule has 0 aliphatic rings. The van der Waals surface area contributed by atoms with Gasteiger partial charge in [-0.05, 0) is 24.6 Å². The van der Waals surface area contributed by atoms with Crippen LogP contribution in [0.15, 0.2) is 28.8 Å². The van der Waals surface area contributed by atoms with E-state index < -0.39 is 0 Å². The normalized spacial score (nSPS) is 12.7. The second-order valence-corrected chi connectivity index (χ2v) is 4.12. The van der Waals surface area contributed by atoms with E-state index in [1.54, 1.807) is 19.1 Å². The predicted octanol–water partition coefficient (Wildman–Crippen LogP) is 3.10. The maximum absolute atomic E-state index is 12.7. The molecule has 0 unspecified atom stereocenters. The van der Waals surface area contributed by atoms with Crippen molar-refractivity contribution in [3.63, 3.8) is 0 Å². The van der Waals surface area contributed by atoms with Crippen molar-refractivity contribution >= 4 is 11.6 Å². The van der Waals surface area contributed by atoms with Crippen LogP contribution in [-0.2, 0) is 6.42 Å². The van der Waals surface area contributed by atoms with Crippen LogP contribution in [0, 0.1) is 5.82 Å². The fourth-order valence-electron chi connectivity index (χ4n) is 1.29. The van der Waals surface area contributed by atoms with Gasteiger partial charge in [0.2, 0.25) is 5.89 Å². The molecule has 0 radical (unpaired) electrons. The number of halogens is 2. The van der Waals surface area contributed by atoms with Gasteiger partial charge in [0.05, 0.1) is 0 Å². The summed E-state index contributed by atoms with van der Waals surface area (Å²) in [5.74, 6) is 0.694. The topological polar surface area (TPSA) is 38.9 Å². The van der Waals surface area contributed by atoms with Gasteiger partial charge in [0.1, 0.15) is 11.2 Å². The second-order valence-electron chi connectivity index (χ2n) is 3.47. The van der Waals surface area contributed by atoms with E-state index in [1.807, 2.05) is 0 Å². The Morgan fingerprint density at radius 3 is 2.62 bits per heavy atom. The van der Waals surface area contributed by atoms with Crippen molar-refractivity contribution in [2.45, 2.75) is 18.7 Å². The van der Waals surface area contributed by atoms with Crippen molar-refractivity contribution in [2.75, 3.05) is 0 Å². The SMILES string of the molecule is C[C@@H](Cl)c1nc(Cc2ccc(F)cc2)no1. The van der Waals surface area contributed by atoms with Crippen molar-refractivity contribution in [1.29, 1.82) is 0 Å². The Labute approximate surface area is 97.2 Å². The van der Waals surface area contributed by atoms with Gasteiger partial charge >= 0.3 is 0 Å². The van der Waals surface area contributed by atoms with Crippen LogP contribution in [0.3, 0.4) is 0 Å². The number of hydrogen-bond donors (Lipinski definition) is 0. The van der Waals surface area contributed by atoms with E-state index in [0.29, 0.717) is 18.1 Å². The highest BCUT2D eigenvalue weighted by molar-refractivity contribution is 6.20. The summed E-state index contributed by atoms with van der Waals surface area (Å²) < 4.78 is 17.6. The lowest BCUT2D eigenvalue weighted by atomic mass is 10.1. The molecule has 84 valence electrons. The van der Waals surface area contributed by atoms with E-state index in [1.165, 1.54) is 12.1 Å². The quantitative estimate of drug-likeness (QED) is 0.774. The molecule has 0 amide bonds. The molecule has 5 heteroatoms. The Balaban J connectivity index is 2.11. The molecule has 1 aromatic carbocycles. The molecule has 0 saturated heterocycles. The zero-order valence-corrected chi connectivity index (χ0v) is 9.41. The zero-order chi connectivity index (χ0) is 11.5. The molecule has 2 rings (SSSR count). The molecular weight excluding hydrogens is 231 g/mol. The Morgan fingerprint density at radius 1 is 1.38 bits per heavy atom. The van der Waals surface area contributed by atoms with Gasteiger partial charge in [-0.2, -0.15) is 4.98 Å². The molecule has 1 atom stereocenters. The second kappa shape index (κ2) is 4.61. The lowest BCUT2D eigenvalue weighted by Crippen LogP contribution is -1.92. The summed E-state index contributed by atoms with van der Waals surface area (Å²) in [6.07, 6.45) is 0.507. The molecular formula is C11H10ClFN2O. The fraction of sp³-hybridized carbons (Fsp3) is 0.273. The monoisotopic (exact) mass is 240 g/mol. The van der Waals surface area contributed by atoms with E-state index in [0.717, 1.165) is 5.56 Å². The summed E-state index contributed by atoms with van der Waals surface area (Å²) in [6, 6.07) is 6.19. The zero-order valence-electron chi connectivity index (χ0n) is 8.65. The number of aromatic nitrogens is 2. The molecule has 0 aliphatic carbocycles. The van der Waals surface area contributed by atoms with E-state index in [9.17, 15) is 4.39 Å². The van der Waals surface area contributed by atoms with Gasteiger partial charge in [0.15, 0.2) is 5.82 Å². The average Bonchev–Trinajstić information content (AvgIpc) is 2.70. The molecule has 0 N–H and O–H groups in total. The lowest BCUT2D eigenvalue weighted by molar-refractivity contribution is 0.374. The molecule has 0 bridgehead atoms. The highest BCUT2D eigenvalue weighted by Gasteiger charge is 2.11. The van der Waals surface area contributed by atoms with Gasteiger partial charge in [0, 0.05) is 6.42 Å². The van der Waals surface area contributed by atoms with Crippen molar-refractivity contribution in [3.05, 3.63) is 47.4 Å². The standard InChI is InChI=1S/C11H10ClFN2O/c1-7(12)11-14-10(15-16-11)6-8-2-4-9(13)5-3-8/h2-5,7H,6H2,1H3/t7-/m1/s1. The van der Waals surface area contributed by atoms with E-state index in [2.05, 4.69) is 10.1 Å². The number of alkyl halides is 1. The largest absolute Gasteiger partial charge is 0.338 e. The first-order valence-corrected chi connectivity index (χ1v) is 5.30. The van der Waals surface area contributed by atoms with Gasteiger partial charge in [-0.1, -0.05) is 17.3 Å². The molecule has 0 spiro atoms. The molecule has 3 nitrogen and oxygen atoms in total. The minimum atomic E-state index is -0.297. The maximum Gasteiger partial charge on any atom is 0.244 e. The third-order valence-electron chi connectivity index (χ3n) is 2.10. The molecule has 0 aliphatic heterocycles. The average molecular weight is 241 g/mol. The first kappa shape index (κ1) is 11.1. The number of hydrogen-bond acceptors (Lipinski definition) is 3. The first-order chi connectivity index (χ1) is 7.65. The van der Waals surface area contributed by atoms with E-state index >= 15 is 0 Å². The molecule has 0 fully saturated rings. The minimum Gasteiger partial charge on any atom is -0.338 e. The van der Waals surface area contributed by atoms with Crippen molar-refractivity contribution in [2.24, 2.45) is 0 Å². The van der Waals surface area contributed by atoms with Crippen molar-refractivity contribution < 1.29 is 8.91 Å². The van der Waals surface area contributed by atoms with Gasteiger partial charge < -0.3 is 4.52 Å². The van der Waals surface area contributed by atoms with Gasteiger partial charge in [-0.15, -0.1) is 11.6 Å². The molecule has 16 heavy (non-hydrogen) atoms. The third-order valence-corrected chi connectivity index (χ3v) is 2.29. The maximum atomic E-state index is 12.7. The highest BCUT2D eigenvalue weighted by atomic mass is 35.5. The summed E-state index contributed by atoms with van der Waals surface area (Å²) in [4.78, 5) is 4.12. The van der Waals surface area contributed by atoms with Crippen molar-refractivity contribution in [1.82, 2.24) is 10.1 Å². The molecule has 2 aromatic rings. The Hall–Kier alpha value is -1.42. The summed E-state index contributed by atoms with van der Waals surface area (Å²) in [7, 11) is 0. The van der Waals surface area contributed by atoms with Gasteiger partial charge in [-0.3, -0.25) is 0 Å². The van der Waals surface area contributed by atoms with Crippen LogP contribution in [0.4, 0.5) is 4.39 Å². The van der Waals surface area contributed by atoms with Crippen LogP contribution in [0.5, 0.6) is 0 Å². The lowest BCUT2D eigenvalue weighted by Gasteiger charge is -1.95. The van der Waals surface area contributed by atoms with E-state index in [4.69, 9.17) is 16.1 Å². The van der Waals surface area contributed by atoms with Crippen LogP contribution in [0.2, 0.25) is 0 Å². The van der Waals surface area contributed by atoms with Gasteiger partial charge in [-0.25, -0.2) is 4.39 Å². The van der Waals surface area contributed by atoms with Crippen LogP contribution in [0.25, 0.3) is 0 Å². The minimum absolute atomic E-state index is 0.257. The highest BCUT2D eigenvalue weighted by Crippen LogP contribution is 2.17. The number of nitrogens with zero attached hydrogens (tertiary/aromatic N) is 2. The van der Waals surface area contributed by atoms with Crippen LogP contribution in [0.1, 0.15) is 29.6 Å². The molecule has 1 heterocycles. The Bertz CT molecular complexity index is 467. The first-order valence-electron chi connectivity index (χ1n) is 4.86. The fourth-order valence-corrected chi connectivity index (χ4v) is 1.37. The summed E-state index contributed by atoms with van der Waals surface area (Å²) in [6.45, 7) is 1.76. The molecule has 1 aromatic heterocycles. The Kier molecular flexibility index (Phi) is 3.19. The third kappa shape index (κ3) is 2.58. The van der Waals surface area contributed by atoms with Gasteiger partial charge in [0.25, 0.3) is 0 Å². The van der Waals surface area contributed by atoms with Crippen molar-refractivity contribution in [3.8, 4) is 0 Å². The predicted molar refractivity (Wildman–Crippen MR) is 57.8 cm³/mol. The van der Waals surface area contributed by atoms with E-state index in [-0.39, 0.29) is 11.2 Å².